The van der Waals surface area contributed by atoms with E-state index < -0.39 is 0 Å². The molecular weight excluding hydrogens is 248 g/mol. The van der Waals surface area contributed by atoms with Crippen LogP contribution in [-0.4, -0.2) is 71.7 Å². The van der Waals surface area contributed by atoms with Crippen molar-refractivity contribution in [2.45, 2.75) is 6.92 Å². The van der Waals surface area contributed by atoms with Crippen molar-refractivity contribution < 1.29 is 14.3 Å². The number of carbonyl (C=O) groups is 2. The van der Waals surface area contributed by atoms with E-state index in [1.54, 1.807) is 11.0 Å². The van der Waals surface area contributed by atoms with Crippen LogP contribution in [-0.2, 0) is 9.53 Å². The third kappa shape index (κ3) is 3.31. The predicted molar refractivity (Wildman–Crippen MR) is 67.7 cm³/mol. The molecule has 0 bridgehead atoms. The van der Waals surface area contributed by atoms with E-state index in [1.807, 2.05) is 11.8 Å². The third-order valence-corrected chi connectivity index (χ3v) is 3.16. The van der Waals surface area contributed by atoms with Gasteiger partial charge in [0.2, 0.25) is 0 Å². The van der Waals surface area contributed by atoms with E-state index >= 15 is 0 Å². The van der Waals surface area contributed by atoms with Gasteiger partial charge < -0.3 is 9.64 Å². The number of aromatic nitrogens is 2. The summed E-state index contributed by atoms with van der Waals surface area (Å²) in [5.41, 5.74) is 1.31. The zero-order chi connectivity index (χ0) is 13.8. The molecule has 0 radical (unpaired) electrons. The molecule has 1 amide bonds. The summed E-state index contributed by atoms with van der Waals surface area (Å²) in [6.45, 7) is 4.68. The Bertz CT molecular complexity index is 463. The maximum atomic E-state index is 12.1. The molecular formula is C12H18N4O3. The summed E-state index contributed by atoms with van der Waals surface area (Å²) in [6, 6.07) is 1.74. The lowest BCUT2D eigenvalue weighted by molar-refractivity contribution is -0.142. The monoisotopic (exact) mass is 266 g/mol. The second-order valence-corrected chi connectivity index (χ2v) is 4.58. The summed E-state index contributed by atoms with van der Waals surface area (Å²) >= 11 is 0. The molecule has 0 spiro atoms. The first-order chi connectivity index (χ1) is 9.10. The van der Waals surface area contributed by atoms with Crippen molar-refractivity contribution in [1.29, 1.82) is 0 Å². The zero-order valence-corrected chi connectivity index (χ0v) is 11.2. The molecule has 0 saturated carbocycles. The van der Waals surface area contributed by atoms with Crippen LogP contribution in [0.1, 0.15) is 16.2 Å². The van der Waals surface area contributed by atoms with Crippen LogP contribution in [0.3, 0.4) is 0 Å². The van der Waals surface area contributed by atoms with E-state index in [0.29, 0.717) is 31.9 Å². The minimum atomic E-state index is -0.247. The Balaban J connectivity index is 1.86. The molecule has 1 aliphatic rings. The quantitative estimate of drug-likeness (QED) is 0.756. The van der Waals surface area contributed by atoms with E-state index in [4.69, 9.17) is 0 Å². The lowest BCUT2D eigenvalue weighted by Crippen LogP contribution is -2.50. The Hall–Kier alpha value is -1.89. The fraction of sp³-hybridized carbons (Fsp3) is 0.583. The number of carbonyl (C=O) groups excluding carboxylic acids is 2. The largest absolute Gasteiger partial charge is 0.468 e. The highest BCUT2D eigenvalue weighted by atomic mass is 16.5. The van der Waals surface area contributed by atoms with E-state index in [9.17, 15) is 9.59 Å². The highest BCUT2D eigenvalue weighted by molar-refractivity contribution is 5.92. The summed E-state index contributed by atoms with van der Waals surface area (Å²) in [5.74, 6) is -0.315. The number of rotatable bonds is 3. The van der Waals surface area contributed by atoms with Crippen LogP contribution in [0.5, 0.6) is 0 Å². The number of esters is 1. The summed E-state index contributed by atoms with van der Waals surface area (Å²) in [4.78, 5) is 27.0. The molecule has 1 saturated heterocycles. The van der Waals surface area contributed by atoms with E-state index in [-0.39, 0.29) is 18.4 Å². The topological polar surface area (TPSA) is 78.5 Å². The molecule has 0 unspecified atom stereocenters. The molecule has 19 heavy (non-hydrogen) atoms. The van der Waals surface area contributed by atoms with Gasteiger partial charge in [-0.3, -0.25) is 19.6 Å². The Morgan fingerprint density at radius 1 is 1.37 bits per heavy atom. The molecule has 104 valence electrons. The van der Waals surface area contributed by atoms with Crippen molar-refractivity contribution in [2.24, 2.45) is 0 Å². The minimum Gasteiger partial charge on any atom is -0.468 e. The van der Waals surface area contributed by atoms with Crippen molar-refractivity contribution in [2.75, 3.05) is 39.8 Å². The van der Waals surface area contributed by atoms with Gasteiger partial charge in [0.25, 0.3) is 5.91 Å². The normalized spacial score (nSPS) is 16.4. The van der Waals surface area contributed by atoms with Crippen molar-refractivity contribution in [1.82, 2.24) is 20.0 Å². The smallest absolute Gasteiger partial charge is 0.319 e. The molecule has 1 aromatic heterocycles. The van der Waals surface area contributed by atoms with E-state index in [2.05, 4.69) is 14.9 Å². The highest BCUT2D eigenvalue weighted by Gasteiger charge is 2.24. The van der Waals surface area contributed by atoms with E-state index in [0.717, 1.165) is 5.69 Å². The zero-order valence-electron chi connectivity index (χ0n) is 11.2. The van der Waals surface area contributed by atoms with Crippen LogP contribution in [0.25, 0.3) is 0 Å². The number of hydrogen-bond acceptors (Lipinski definition) is 5. The number of nitrogens with zero attached hydrogens (tertiary/aromatic N) is 3. The predicted octanol–water partition coefficient (Wildman–Crippen LogP) is -0.351. The second kappa shape index (κ2) is 5.83. The van der Waals surface area contributed by atoms with Crippen LogP contribution in [0, 0.1) is 6.92 Å². The number of aromatic amines is 1. The summed E-state index contributed by atoms with van der Waals surface area (Å²) < 4.78 is 4.62. The van der Waals surface area contributed by atoms with Gasteiger partial charge in [0.15, 0.2) is 0 Å². The lowest BCUT2D eigenvalue weighted by atomic mass is 10.2. The molecule has 0 atom stereocenters. The lowest BCUT2D eigenvalue weighted by Gasteiger charge is -2.33. The van der Waals surface area contributed by atoms with Crippen molar-refractivity contribution in [3.05, 3.63) is 17.5 Å². The number of H-pyrrole nitrogens is 1. The molecule has 1 N–H and O–H groups in total. The third-order valence-electron chi connectivity index (χ3n) is 3.16. The van der Waals surface area contributed by atoms with Gasteiger partial charge in [0.05, 0.1) is 13.7 Å². The first-order valence-corrected chi connectivity index (χ1v) is 6.20. The fourth-order valence-corrected chi connectivity index (χ4v) is 2.05. The van der Waals surface area contributed by atoms with Gasteiger partial charge in [0, 0.05) is 31.9 Å². The SMILES string of the molecule is COC(=O)CN1CCN(C(=O)c2cc(C)[nH]n2)CC1. The molecule has 2 heterocycles. The van der Waals surface area contributed by atoms with Crippen molar-refractivity contribution >= 4 is 11.9 Å². The molecule has 7 nitrogen and oxygen atoms in total. The average Bonchev–Trinajstić information content (AvgIpc) is 2.85. The Morgan fingerprint density at radius 2 is 2.05 bits per heavy atom. The number of aryl methyl sites for hydroxylation is 1. The number of amides is 1. The molecule has 7 heteroatoms. The second-order valence-electron chi connectivity index (χ2n) is 4.58. The number of nitrogens with one attached hydrogen (secondary N) is 1. The van der Waals surface area contributed by atoms with Gasteiger partial charge in [0.1, 0.15) is 5.69 Å². The maximum absolute atomic E-state index is 12.1. The summed E-state index contributed by atoms with van der Waals surface area (Å²) in [7, 11) is 1.38. The van der Waals surface area contributed by atoms with Gasteiger partial charge >= 0.3 is 5.97 Å². The van der Waals surface area contributed by atoms with Crippen LogP contribution >= 0.6 is 0 Å². The van der Waals surface area contributed by atoms with E-state index in [1.165, 1.54) is 7.11 Å². The molecule has 1 fully saturated rings. The van der Waals surface area contributed by atoms with Crippen LogP contribution in [0.2, 0.25) is 0 Å². The Kier molecular flexibility index (Phi) is 4.16. The van der Waals surface area contributed by atoms with Crippen molar-refractivity contribution in [3.8, 4) is 0 Å². The average molecular weight is 266 g/mol. The maximum Gasteiger partial charge on any atom is 0.319 e. The molecule has 1 aliphatic heterocycles. The minimum absolute atomic E-state index is 0.0675. The molecule has 0 aliphatic carbocycles. The number of ether oxygens (including phenoxy) is 1. The highest BCUT2D eigenvalue weighted by Crippen LogP contribution is 2.08. The number of piperazine rings is 1. The summed E-state index contributed by atoms with van der Waals surface area (Å²) in [6.07, 6.45) is 0. The van der Waals surface area contributed by atoms with Crippen LogP contribution < -0.4 is 0 Å². The fourth-order valence-electron chi connectivity index (χ4n) is 2.05. The van der Waals surface area contributed by atoms with Gasteiger partial charge in [-0.05, 0) is 13.0 Å². The molecule has 1 aromatic rings. The number of hydrogen-bond donors (Lipinski definition) is 1. The van der Waals surface area contributed by atoms with Gasteiger partial charge in [-0.25, -0.2) is 0 Å². The number of methoxy groups -OCH3 is 1. The van der Waals surface area contributed by atoms with Crippen molar-refractivity contribution in [3.63, 3.8) is 0 Å². The van der Waals surface area contributed by atoms with Gasteiger partial charge in [-0.2, -0.15) is 5.10 Å². The Labute approximate surface area is 111 Å². The Morgan fingerprint density at radius 3 is 2.58 bits per heavy atom. The van der Waals surface area contributed by atoms with Gasteiger partial charge in [-0.1, -0.05) is 0 Å². The first kappa shape index (κ1) is 13.5. The molecule has 0 aromatic carbocycles. The molecule has 2 rings (SSSR count). The summed E-state index contributed by atoms with van der Waals surface area (Å²) in [5, 5.41) is 6.73. The van der Waals surface area contributed by atoms with Crippen LogP contribution in [0.4, 0.5) is 0 Å². The first-order valence-electron chi connectivity index (χ1n) is 6.20. The standard InChI is InChI=1S/C12H18N4O3/c1-9-7-10(14-13-9)12(18)16-5-3-15(4-6-16)8-11(17)19-2/h7H,3-6,8H2,1-2H3,(H,13,14). The van der Waals surface area contributed by atoms with Crippen LogP contribution in [0.15, 0.2) is 6.07 Å². The van der Waals surface area contributed by atoms with Gasteiger partial charge in [-0.15, -0.1) is 0 Å².